The van der Waals surface area contributed by atoms with Gasteiger partial charge in [0, 0.05) is 5.54 Å². The summed E-state index contributed by atoms with van der Waals surface area (Å²) in [5.74, 6) is 1.14. The Kier molecular flexibility index (Phi) is 3.76. The lowest BCUT2D eigenvalue weighted by Gasteiger charge is -2.39. The lowest BCUT2D eigenvalue weighted by molar-refractivity contribution is 0.192. The topological polar surface area (TPSA) is 26.0 Å². The monoisotopic (exact) mass is 249 g/mol. The summed E-state index contributed by atoms with van der Waals surface area (Å²) in [7, 11) is 0. The minimum atomic E-state index is -0.408. The van der Waals surface area contributed by atoms with Crippen molar-refractivity contribution >= 4 is 0 Å². The summed E-state index contributed by atoms with van der Waals surface area (Å²) in [6.45, 7) is 6.14. The van der Waals surface area contributed by atoms with Crippen LogP contribution in [-0.4, -0.2) is 0 Å². The predicted molar refractivity (Wildman–Crippen MR) is 73.8 cm³/mol. The minimum absolute atomic E-state index is 0.145. The molecular weight excluding hydrogens is 225 g/mol. The van der Waals surface area contributed by atoms with E-state index in [0.717, 1.165) is 24.3 Å². The molecule has 1 nitrogen and oxygen atoms in total. The van der Waals surface area contributed by atoms with Crippen molar-refractivity contribution in [2.75, 3.05) is 0 Å². The number of hydrogen-bond donors (Lipinski definition) is 1. The Bertz CT molecular complexity index is 417. The van der Waals surface area contributed by atoms with Gasteiger partial charge in [-0.25, -0.2) is 4.39 Å². The fraction of sp³-hybridized carbons (Fsp3) is 0.625. The zero-order valence-corrected chi connectivity index (χ0v) is 11.7. The van der Waals surface area contributed by atoms with E-state index in [-0.39, 0.29) is 5.82 Å². The molecule has 0 radical (unpaired) electrons. The van der Waals surface area contributed by atoms with Gasteiger partial charge in [0.15, 0.2) is 0 Å². The zero-order valence-electron chi connectivity index (χ0n) is 11.7. The van der Waals surface area contributed by atoms with Gasteiger partial charge in [-0.15, -0.1) is 0 Å². The molecule has 1 unspecified atom stereocenters. The lowest BCUT2D eigenvalue weighted by atomic mass is 9.70. The van der Waals surface area contributed by atoms with Crippen molar-refractivity contribution in [2.24, 2.45) is 17.6 Å². The van der Waals surface area contributed by atoms with E-state index in [0.29, 0.717) is 11.5 Å². The molecule has 1 aliphatic rings. The first kappa shape index (κ1) is 13.5. The Morgan fingerprint density at radius 1 is 1.22 bits per heavy atom. The van der Waals surface area contributed by atoms with E-state index in [4.69, 9.17) is 5.73 Å². The van der Waals surface area contributed by atoms with Crippen molar-refractivity contribution in [1.82, 2.24) is 0 Å². The number of aryl methyl sites for hydroxylation is 1. The summed E-state index contributed by atoms with van der Waals surface area (Å²) in [5, 5.41) is 0. The van der Waals surface area contributed by atoms with E-state index in [1.54, 1.807) is 13.0 Å². The number of rotatable bonds is 2. The minimum Gasteiger partial charge on any atom is -0.321 e. The number of nitrogens with two attached hydrogens (primary N) is 1. The van der Waals surface area contributed by atoms with Gasteiger partial charge in [0.25, 0.3) is 0 Å². The van der Waals surface area contributed by atoms with Gasteiger partial charge in [-0.1, -0.05) is 31.9 Å². The van der Waals surface area contributed by atoms with Crippen LogP contribution < -0.4 is 5.73 Å². The van der Waals surface area contributed by atoms with Crippen LogP contribution >= 0.6 is 0 Å². The van der Waals surface area contributed by atoms with Gasteiger partial charge in [-0.2, -0.15) is 0 Å². The molecule has 2 heteroatoms. The first-order valence-corrected chi connectivity index (χ1v) is 6.96. The highest BCUT2D eigenvalue weighted by molar-refractivity contribution is 5.29. The third-order valence-corrected chi connectivity index (χ3v) is 4.66. The van der Waals surface area contributed by atoms with Crippen molar-refractivity contribution in [2.45, 2.75) is 52.0 Å². The van der Waals surface area contributed by atoms with Gasteiger partial charge in [-0.3, -0.25) is 0 Å². The second-order valence-corrected chi connectivity index (χ2v) is 6.20. The van der Waals surface area contributed by atoms with Crippen LogP contribution in [0.2, 0.25) is 0 Å². The Hall–Kier alpha value is -0.890. The van der Waals surface area contributed by atoms with E-state index in [9.17, 15) is 4.39 Å². The van der Waals surface area contributed by atoms with Crippen molar-refractivity contribution in [3.8, 4) is 0 Å². The zero-order chi connectivity index (χ0) is 13.3. The number of halogens is 1. The summed E-state index contributed by atoms with van der Waals surface area (Å²) in [5.41, 5.74) is 7.72. The summed E-state index contributed by atoms with van der Waals surface area (Å²) >= 11 is 0. The van der Waals surface area contributed by atoms with E-state index in [1.165, 1.54) is 12.8 Å². The molecule has 0 aliphatic heterocycles. The van der Waals surface area contributed by atoms with Crippen LogP contribution in [0.25, 0.3) is 0 Å². The molecule has 2 rings (SSSR count). The molecule has 1 fully saturated rings. The van der Waals surface area contributed by atoms with E-state index in [1.807, 2.05) is 12.1 Å². The SMILES string of the molecule is Cc1ccc(C(C)(N)C2CCC(C)CC2)cc1F. The highest BCUT2D eigenvalue weighted by Crippen LogP contribution is 2.39. The van der Waals surface area contributed by atoms with Gasteiger partial charge in [0.2, 0.25) is 0 Å². The third-order valence-electron chi connectivity index (χ3n) is 4.66. The molecule has 0 aromatic heterocycles. The van der Waals surface area contributed by atoms with E-state index >= 15 is 0 Å². The van der Waals surface area contributed by atoms with Crippen molar-refractivity contribution in [3.63, 3.8) is 0 Å². The highest BCUT2D eigenvalue weighted by atomic mass is 19.1. The molecule has 0 saturated heterocycles. The van der Waals surface area contributed by atoms with Gasteiger partial charge in [0.05, 0.1) is 0 Å². The highest BCUT2D eigenvalue weighted by Gasteiger charge is 2.34. The van der Waals surface area contributed by atoms with Crippen LogP contribution in [0.3, 0.4) is 0 Å². The fourth-order valence-corrected chi connectivity index (χ4v) is 3.02. The van der Waals surface area contributed by atoms with Gasteiger partial charge >= 0.3 is 0 Å². The molecule has 1 aliphatic carbocycles. The fourth-order valence-electron chi connectivity index (χ4n) is 3.02. The maximum absolute atomic E-state index is 13.7. The molecule has 1 saturated carbocycles. The average molecular weight is 249 g/mol. The summed E-state index contributed by atoms with van der Waals surface area (Å²) in [6.07, 6.45) is 4.80. The molecule has 0 spiro atoms. The van der Waals surface area contributed by atoms with Crippen LogP contribution in [-0.2, 0) is 5.54 Å². The Balaban J connectivity index is 2.21. The van der Waals surface area contributed by atoms with Gasteiger partial charge < -0.3 is 5.73 Å². The van der Waals surface area contributed by atoms with E-state index < -0.39 is 5.54 Å². The molecule has 1 aromatic rings. The molecule has 2 N–H and O–H groups in total. The first-order valence-electron chi connectivity index (χ1n) is 6.96. The quantitative estimate of drug-likeness (QED) is 0.837. The molecule has 1 atom stereocenters. The maximum atomic E-state index is 13.7. The Morgan fingerprint density at radius 2 is 1.83 bits per heavy atom. The number of benzene rings is 1. The largest absolute Gasteiger partial charge is 0.321 e. The van der Waals surface area contributed by atoms with Crippen LogP contribution in [0.15, 0.2) is 18.2 Å². The summed E-state index contributed by atoms with van der Waals surface area (Å²) in [4.78, 5) is 0. The Labute approximate surface area is 110 Å². The van der Waals surface area contributed by atoms with Gasteiger partial charge in [-0.05, 0) is 55.7 Å². The van der Waals surface area contributed by atoms with Crippen molar-refractivity contribution in [3.05, 3.63) is 35.1 Å². The predicted octanol–water partition coefficient (Wildman–Crippen LogP) is 4.13. The second-order valence-electron chi connectivity index (χ2n) is 6.20. The molecule has 0 amide bonds. The van der Waals surface area contributed by atoms with Crippen LogP contribution in [0.5, 0.6) is 0 Å². The van der Waals surface area contributed by atoms with Crippen molar-refractivity contribution < 1.29 is 4.39 Å². The van der Waals surface area contributed by atoms with Crippen LogP contribution in [0.4, 0.5) is 4.39 Å². The maximum Gasteiger partial charge on any atom is 0.126 e. The normalized spacial score (nSPS) is 27.8. The van der Waals surface area contributed by atoms with Gasteiger partial charge in [0.1, 0.15) is 5.82 Å². The molecule has 0 heterocycles. The number of hydrogen-bond acceptors (Lipinski definition) is 1. The lowest BCUT2D eigenvalue weighted by Crippen LogP contribution is -2.42. The summed E-state index contributed by atoms with van der Waals surface area (Å²) < 4.78 is 13.7. The standard InChI is InChI=1S/C16H24FN/c1-11-4-7-13(8-5-11)16(3,18)14-9-6-12(2)15(17)10-14/h6,9-11,13H,4-5,7-8,18H2,1-3H3. The average Bonchev–Trinajstić information content (AvgIpc) is 2.33. The molecular formula is C16H24FN. The van der Waals surface area contributed by atoms with Crippen LogP contribution in [0, 0.1) is 24.6 Å². The molecule has 18 heavy (non-hydrogen) atoms. The van der Waals surface area contributed by atoms with Crippen LogP contribution in [0.1, 0.15) is 50.7 Å². The van der Waals surface area contributed by atoms with Crippen molar-refractivity contribution in [1.29, 1.82) is 0 Å². The first-order chi connectivity index (χ1) is 8.41. The van der Waals surface area contributed by atoms with E-state index in [2.05, 4.69) is 13.8 Å². The Morgan fingerprint density at radius 3 is 2.39 bits per heavy atom. The molecule has 0 bridgehead atoms. The smallest absolute Gasteiger partial charge is 0.126 e. The third kappa shape index (κ3) is 2.59. The molecule has 1 aromatic carbocycles. The molecule has 100 valence electrons. The summed E-state index contributed by atoms with van der Waals surface area (Å²) in [6, 6.07) is 5.44. The second kappa shape index (κ2) is 5.00.